The topological polar surface area (TPSA) is 118 Å². The maximum absolute atomic E-state index is 5.97. The number of aromatic nitrogens is 3. The Morgan fingerprint density at radius 3 is 2.75 bits per heavy atom. The molecule has 2 aromatic heterocycles. The van der Waals surface area contributed by atoms with Crippen LogP contribution in [0.1, 0.15) is 0 Å². The SMILES string of the molecule is CO/C(N)=C/C=C(\N)n1nc(N)cc1-c1ccccn1. The summed E-state index contributed by atoms with van der Waals surface area (Å²) in [5.41, 5.74) is 18.6. The minimum atomic E-state index is 0.243. The van der Waals surface area contributed by atoms with Gasteiger partial charge in [0.25, 0.3) is 0 Å². The molecular formula is C13H16N6O. The Balaban J connectivity index is 2.43. The van der Waals surface area contributed by atoms with Crippen LogP contribution in [0.5, 0.6) is 0 Å². The number of nitrogens with two attached hydrogens (primary N) is 3. The molecule has 0 saturated heterocycles. The molecule has 0 atom stereocenters. The summed E-state index contributed by atoms with van der Waals surface area (Å²) < 4.78 is 6.33. The second-order valence-electron chi connectivity index (χ2n) is 3.95. The highest BCUT2D eigenvalue weighted by atomic mass is 16.5. The second kappa shape index (κ2) is 5.79. The molecule has 6 N–H and O–H groups in total. The number of anilines is 1. The van der Waals surface area contributed by atoms with Crippen molar-refractivity contribution in [3.8, 4) is 11.4 Å². The molecule has 0 saturated carbocycles. The molecule has 104 valence electrons. The molecule has 0 amide bonds. The predicted molar refractivity (Wildman–Crippen MR) is 77.6 cm³/mol. The Kier molecular flexibility index (Phi) is 3.90. The molecule has 0 aliphatic heterocycles. The maximum atomic E-state index is 5.97. The lowest BCUT2D eigenvalue weighted by Gasteiger charge is -2.06. The molecule has 2 rings (SSSR count). The van der Waals surface area contributed by atoms with Crippen molar-refractivity contribution in [3.05, 3.63) is 48.5 Å². The average Bonchev–Trinajstić information content (AvgIpc) is 2.87. The van der Waals surface area contributed by atoms with Crippen molar-refractivity contribution in [2.45, 2.75) is 0 Å². The largest absolute Gasteiger partial charge is 0.483 e. The molecule has 0 aliphatic carbocycles. The highest BCUT2D eigenvalue weighted by molar-refractivity contribution is 5.64. The van der Waals surface area contributed by atoms with Crippen LogP contribution in [0.3, 0.4) is 0 Å². The number of ether oxygens (including phenoxy) is 1. The number of hydrogen-bond donors (Lipinski definition) is 3. The Labute approximate surface area is 116 Å². The summed E-state index contributed by atoms with van der Waals surface area (Å²) in [7, 11) is 1.47. The lowest BCUT2D eigenvalue weighted by molar-refractivity contribution is 0.287. The van der Waals surface area contributed by atoms with Crippen LogP contribution < -0.4 is 17.2 Å². The van der Waals surface area contributed by atoms with Crippen molar-refractivity contribution < 1.29 is 4.74 Å². The summed E-state index contributed by atoms with van der Waals surface area (Å²) in [6.45, 7) is 0. The van der Waals surface area contributed by atoms with E-state index in [-0.39, 0.29) is 5.88 Å². The van der Waals surface area contributed by atoms with Crippen LogP contribution in [-0.2, 0) is 4.74 Å². The van der Waals surface area contributed by atoms with Crippen LogP contribution in [-0.4, -0.2) is 21.9 Å². The maximum Gasteiger partial charge on any atom is 0.183 e. The van der Waals surface area contributed by atoms with Gasteiger partial charge in [0.15, 0.2) is 5.88 Å². The van der Waals surface area contributed by atoms with Gasteiger partial charge < -0.3 is 21.9 Å². The van der Waals surface area contributed by atoms with E-state index in [4.69, 9.17) is 21.9 Å². The van der Waals surface area contributed by atoms with Gasteiger partial charge in [0.1, 0.15) is 11.6 Å². The number of rotatable bonds is 4. The predicted octanol–water partition coefficient (Wildman–Crippen LogP) is 0.731. The van der Waals surface area contributed by atoms with E-state index in [0.29, 0.717) is 17.3 Å². The Hall–Kier alpha value is -2.96. The normalized spacial score (nSPS) is 12.4. The van der Waals surface area contributed by atoms with Crippen molar-refractivity contribution in [1.29, 1.82) is 0 Å². The van der Waals surface area contributed by atoms with Crippen LogP contribution in [0.25, 0.3) is 17.2 Å². The van der Waals surface area contributed by atoms with E-state index >= 15 is 0 Å². The summed E-state index contributed by atoms with van der Waals surface area (Å²) in [6, 6.07) is 7.25. The monoisotopic (exact) mass is 272 g/mol. The molecule has 0 spiro atoms. The molecule has 0 unspecified atom stereocenters. The van der Waals surface area contributed by atoms with Crippen LogP contribution >= 0.6 is 0 Å². The molecule has 0 fully saturated rings. The van der Waals surface area contributed by atoms with Crippen LogP contribution in [0.4, 0.5) is 5.82 Å². The van der Waals surface area contributed by atoms with Gasteiger partial charge in [0.05, 0.1) is 18.5 Å². The first kappa shape index (κ1) is 13.5. The first-order valence-corrected chi connectivity index (χ1v) is 5.86. The summed E-state index contributed by atoms with van der Waals surface area (Å²) in [5, 5.41) is 4.14. The highest BCUT2D eigenvalue weighted by Crippen LogP contribution is 2.20. The molecular weight excluding hydrogens is 256 g/mol. The fraction of sp³-hybridized carbons (Fsp3) is 0.0769. The zero-order valence-electron chi connectivity index (χ0n) is 11.0. The zero-order valence-corrected chi connectivity index (χ0v) is 11.0. The van der Waals surface area contributed by atoms with Gasteiger partial charge in [-0.1, -0.05) is 6.07 Å². The Morgan fingerprint density at radius 1 is 1.30 bits per heavy atom. The van der Waals surface area contributed by atoms with Gasteiger partial charge in [0.2, 0.25) is 0 Å². The van der Waals surface area contributed by atoms with Crippen molar-refractivity contribution in [3.63, 3.8) is 0 Å². The minimum Gasteiger partial charge on any atom is -0.483 e. The summed E-state index contributed by atoms with van der Waals surface area (Å²) in [4.78, 5) is 4.25. The van der Waals surface area contributed by atoms with Crippen LogP contribution in [0.15, 0.2) is 48.5 Å². The number of nitrogen functional groups attached to an aromatic ring is 1. The third kappa shape index (κ3) is 2.89. The quantitative estimate of drug-likeness (QED) is 0.558. The van der Waals surface area contributed by atoms with Gasteiger partial charge in [-0.2, -0.15) is 0 Å². The molecule has 7 heteroatoms. The Morgan fingerprint density at radius 2 is 2.10 bits per heavy atom. The number of nitrogens with zero attached hydrogens (tertiary/aromatic N) is 3. The van der Waals surface area contributed by atoms with E-state index in [1.807, 2.05) is 18.2 Å². The van der Waals surface area contributed by atoms with Gasteiger partial charge in [-0.05, 0) is 18.2 Å². The standard InChI is InChI=1S/C13H16N6O/c1-20-13(16)6-5-12(15)19-10(8-11(14)18-19)9-4-2-3-7-17-9/h2-8H,15-16H2,1H3,(H2,14,18)/b12-5+,13-6+. The van der Waals surface area contributed by atoms with Gasteiger partial charge in [-0.15, -0.1) is 5.10 Å². The van der Waals surface area contributed by atoms with Gasteiger partial charge >= 0.3 is 0 Å². The zero-order chi connectivity index (χ0) is 14.5. The molecule has 0 bridgehead atoms. The summed E-state index contributed by atoms with van der Waals surface area (Å²) in [5.74, 6) is 0.945. The lowest BCUT2D eigenvalue weighted by atomic mass is 10.2. The summed E-state index contributed by atoms with van der Waals surface area (Å²) in [6.07, 6.45) is 4.80. The smallest absolute Gasteiger partial charge is 0.183 e. The third-order valence-electron chi connectivity index (χ3n) is 2.55. The molecule has 7 nitrogen and oxygen atoms in total. The van der Waals surface area contributed by atoms with Gasteiger partial charge in [-0.25, -0.2) is 4.68 Å². The number of methoxy groups -OCH3 is 1. The van der Waals surface area contributed by atoms with Crippen LogP contribution in [0.2, 0.25) is 0 Å². The number of hydrogen-bond acceptors (Lipinski definition) is 6. The Bertz CT molecular complexity index is 644. The van der Waals surface area contributed by atoms with Crippen molar-refractivity contribution in [1.82, 2.24) is 14.8 Å². The van der Waals surface area contributed by atoms with E-state index in [1.54, 1.807) is 18.3 Å². The summed E-state index contributed by atoms with van der Waals surface area (Å²) >= 11 is 0. The molecule has 20 heavy (non-hydrogen) atoms. The fourth-order valence-electron chi connectivity index (χ4n) is 1.60. The van der Waals surface area contributed by atoms with Crippen molar-refractivity contribution >= 4 is 11.6 Å². The van der Waals surface area contributed by atoms with Gasteiger partial charge in [-0.3, -0.25) is 4.98 Å². The van der Waals surface area contributed by atoms with Gasteiger partial charge in [0, 0.05) is 18.3 Å². The highest BCUT2D eigenvalue weighted by Gasteiger charge is 2.10. The molecule has 0 radical (unpaired) electrons. The lowest BCUT2D eigenvalue weighted by Crippen LogP contribution is -2.10. The first-order valence-electron chi connectivity index (χ1n) is 5.86. The van der Waals surface area contributed by atoms with Crippen LogP contribution in [0, 0.1) is 0 Å². The van der Waals surface area contributed by atoms with Crippen molar-refractivity contribution in [2.75, 3.05) is 12.8 Å². The molecule has 0 aliphatic rings. The third-order valence-corrected chi connectivity index (χ3v) is 2.55. The van der Waals surface area contributed by atoms with E-state index in [1.165, 1.54) is 17.9 Å². The molecule has 2 heterocycles. The molecule has 0 aromatic carbocycles. The minimum absolute atomic E-state index is 0.243. The number of pyridine rings is 1. The fourth-order valence-corrected chi connectivity index (χ4v) is 1.60. The van der Waals surface area contributed by atoms with Crippen molar-refractivity contribution in [2.24, 2.45) is 11.5 Å². The number of allylic oxidation sites excluding steroid dienone is 2. The average molecular weight is 272 g/mol. The second-order valence-corrected chi connectivity index (χ2v) is 3.95. The van der Waals surface area contributed by atoms with E-state index in [9.17, 15) is 0 Å². The van der Waals surface area contributed by atoms with E-state index < -0.39 is 0 Å². The molecule has 2 aromatic rings. The van der Waals surface area contributed by atoms with E-state index in [2.05, 4.69) is 10.1 Å². The van der Waals surface area contributed by atoms with E-state index in [0.717, 1.165) is 5.69 Å². The first-order chi connectivity index (χ1) is 9.61.